The Hall–Kier alpha value is -4.15. The number of rotatable bonds is 7. The molecule has 0 saturated carbocycles. The van der Waals surface area contributed by atoms with Crippen molar-refractivity contribution in [2.24, 2.45) is 7.05 Å². The number of benzene rings is 1. The molecule has 0 radical (unpaired) electrons. The predicted octanol–water partition coefficient (Wildman–Crippen LogP) is 0.690. The number of likely N-dealkylation sites (tertiary alicyclic amines) is 1. The Bertz CT molecular complexity index is 1260. The van der Waals surface area contributed by atoms with Gasteiger partial charge < -0.3 is 25.2 Å². The van der Waals surface area contributed by atoms with Crippen LogP contribution in [0.15, 0.2) is 30.7 Å². The third kappa shape index (κ3) is 5.18. The fourth-order valence-electron chi connectivity index (χ4n) is 3.74. The number of aromatic nitrogens is 5. The highest BCUT2D eigenvalue weighted by Gasteiger charge is 2.33. The lowest BCUT2D eigenvalue weighted by Gasteiger charge is -2.34. The van der Waals surface area contributed by atoms with Crippen molar-refractivity contribution in [3.63, 3.8) is 0 Å². The highest BCUT2D eigenvalue weighted by atomic mass is 19.1. The van der Waals surface area contributed by atoms with Crippen LogP contribution in [0.5, 0.6) is 5.75 Å². The second-order valence-corrected chi connectivity index (χ2v) is 7.83. The number of hydrogen-bond donors (Lipinski definition) is 3. The van der Waals surface area contributed by atoms with Crippen LogP contribution in [0.2, 0.25) is 0 Å². The molecule has 2 atom stereocenters. The van der Waals surface area contributed by atoms with E-state index in [0.717, 1.165) is 0 Å². The minimum atomic E-state index is -1.46. The van der Waals surface area contributed by atoms with E-state index in [9.17, 15) is 19.6 Å². The Morgan fingerprint density at radius 2 is 2.20 bits per heavy atom. The first-order chi connectivity index (χ1) is 16.9. The van der Waals surface area contributed by atoms with Gasteiger partial charge in [-0.15, -0.1) is 0 Å². The van der Waals surface area contributed by atoms with Crippen molar-refractivity contribution >= 4 is 17.5 Å². The van der Waals surface area contributed by atoms with Crippen LogP contribution in [-0.2, 0) is 18.4 Å². The lowest BCUT2D eigenvalue weighted by molar-refractivity contribution is -0.138. The van der Waals surface area contributed by atoms with Crippen LogP contribution in [0.25, 0.3) is 11.4 Å². The molecule has 2 aromatic heterocycles. The molecule has 1 aromatic carbocycles. The minimum absolute atomic E-state index is 0.174. The third-order valence-electron chi connectivity index (χ3n) is 5.64. The average molecular weight is 482 g/mol. The van der Waals surface area contributed by atoms with Crippen molar-refractivity contribution in [2.45, 2.75) is 25.3 Å². The van der Waals surface area contributed by atoms with E-state index < -0.39 is 24.8 Å². The van der Waals surface area contributed by atoms with E-state index >= 15 is 0 Å². The van der Waals surface area contributed by atoms with Gasteiger partial charge in [0.2, 0.25) is 11.9 Å². The SMILES string of the molecule is Cn1ncc(Nc2ncnc(-c3ccc(O[C@H]4CCN(C(=O)CO)C[C@H]4F)c(C#N)c3)n2)c1CO. The number of aryl methyl sites for hydroxylation is 1. The van der Waals surface area contributed by atoms with Crippen molar-refractivity contribution in [1.29, 1.82) is 5.26 Å². The number of nitriles is 1. The molecule has 3 aromatic rings. The number of aliphatic hydroxyl groups excluding tert-OH is 2. The first kappa shape index (κ1) is 24.0. The van der Waals surface area contributed by atoms with Gasteiger partial charge in [-0.25, -0.2) is 14.4 Å². The van der Waals surface area contributed by atoms with Crippen LogP contribution in [0.1, 0.15) is 17.7 Å². The molecule has 0 aliphatic carbocycles. The van der Waals surface area contributed by atoms with Gasteiger partial charge in [-0.1, -0.05) is 0 Å². The third-order valence-corrected chi connectivity index (χ3v) is 5.64. The molecule has 3 N–H and O–H groups in total. The monoisotopic (exact) mass is 482 g/mol. The molecule has 13 heteroatoms. The molecule has 0 bridgehead atoms. The van der Waals surface area contributed by atoms with Gasteiger partial charge in [0.15, 0.2) is 12.0 Å². The van der Waals surface area contributed by atoms with E-state index in [1.807, 2.05) is 6.07 Å². The largest absolute Gasteiger partial charge is 0.486 e. The van der Waals surface area contributed by atoms with Gasteiger partial charge >= 0.3 is 0 Å². The lowest BCUT2D eigenvalue weighted by Crippen LogP contribution is -2.50. The number of nitrogens with one attached hydrogen (secondary N) is 1. The second kappa shape index (κ2) is 10.4. The Kier molecular flexibility index (Phi) is 7.14. The summed E-state index contributed by atoms with van der Waals surface area (Å²) in [4.78, 5) is 25.5. The maximum absolute atomic E-state index is 14.6. The van der Waals surface area contributed by atoms with Crippen molar-refractivity contribution in [2.75, 3.05) is 25.0 Å². The molecule has 3 heterocycles. The summed E-state index contributed by atoms with van der Waals surface area (Å²) in [6.07, 6.45) is 0.789. The van der Waals surface area contributed by atoms with Crippen molar-refractivity contribution in [1.82, 2.24) is 29.6 Å². The Morgan fingerprint density at radius 1 is 1.37 bits per heavy atom. The standard InChI is InChI=1S/C22H23FN8O4/c1-30-17(10-32)16(8-27-30)28-22-26-12-25-21(29-22)13-2-3-18(14(6-13)7-24)35-19-4-5-31(9-15(19)23)20(34)11-33/h2-3,6,8,12,15,19,32-33H,4-5,9-11H2,1H3,(H,25,26,28,29)/t15-,19+/m1/s1. The van der Waals surface area contributed by atoms with Gasteiger partial charge in [-0.2, -0.15) is 15.3 Å². The Balaban J connectivity index is 1.50. The van der Waals surface area contributed by atoms with Crippen LogP contribution in [0, 0.1) is 11.3 Å². The van der Waals surface area contributed by atoms with Gasteiger partial charge in [0.25, 0.3) is 0 Å². The van der Waals surface area contributed by atoms with Crippen molar-refractivity contribution in [3.8, 4) is 23.2 Å². The summed E-state index contributed by atoms with van der Waals surface area (Å²) in [5.41, 5.74) is 1.79. The molecule has 1 amide bonds. The number of carbonyl (C=O) groups excluding carboxylic acids is 1. The number of nitrogens with zero attached hydrogens (tertiary/aromatic N) is 7. The molecular formula is C22H23FN8O4. The van der Waals surface area contributed by atoms with Gasteiger partial charge in [0.1, 0.15) is 30.9 Å². The van der Waals surface area contributed by atoms with Crippen molar-refractivity contribution in [3.05, 3.63) is 42.0 Å². The van der Waals surface area contributed by atoms with Gasteiger partial charge in [-0.3, -0.25) is 9.48 Å². The maximum atomic E-state index is 14.6. The summed E-state index contributed by atoms with van der Waals surface area (Å²) < 4.78 is 21.9. The number of ether oxygens (including phenoxy) is 1. The topological polar surface area (TPSA) is 162 Å². The Labute approximate surface area is 199 Å². The van der Waals surface area contributed by atoms with Crippen LogP contribution in [0.3, 0.4) is 0 Å². The zero-order chi connectivity index (χ0) is 24.9. The number of piperidine rings is 1. The summed E-state index contributed by atoms with van der Waals surface area (Å²) >= 11 is 0. The van der Waals surface area contributed by atoms with Gasteiger partial charge in [-0.05, 0) is 18.2 Å². The van der Waals surface area contributed by atoms with E-state index in [2.05, 4.69) is 25.4 Å². The molecule has 0 spiro atoms. The first-order valence-corrected chi connectivity index (χ1v) is 10.7. The van der Waals surface area contributed by atoms with Crippen LogP contribution in [-0.4, -0.2) is 77.7 Å². The Morgan fingerprint density at radius 3 is 2.91 bits per heavy atom. The number of carbonyl (C=O) groups is 1. The molecule has 1 fully saturated rings. The molecular weight excluding hydrogens is 459 g/mol. The van der Waals surface area contributed by atoms with Crippen LogP contribution < -0.4 is 10.1 Å². The second-order valence-electron chi connectivity index (χ2n) is 7.83. The fourth-order valence-corrected chi connectivity index (χ4v) is 3.74. The smallest absolute Gasteiger partial charge is 0.248 e. The zero-order valence-electron chi connectivity index (χ0n) is 18.8. The van der Waals surface area contributed by atoms with Crippen molar-refractivity contribution < 1.29 is 24.1 Å². The summed E-state index contributed by atoms with van der Waals surface area (Å²) in [7, 11) is 1.70. The summed E-state index contributed by atoms with van der Waals surface area (Å²) in [5.74, 6) is 0.192. The first-order valence-electron chi connectivity index (χ1n) is 10.7. The number of halogens is 1. The van der Waals surface area contributed by atoms with Crippen LogP contribution >= 0.6 is 0 Å². The molecule has 35 heavy (non-hydrogen) atoms. The number of anilines is 2. The normalized spacial score (nSPS) is 17.6. The highest BCUT2D eigenvalue weighted by molar-refractivity contribution is 5.77. The summed E-state index contributed by atoms with van der Waals surface area (Å²) in [5, 5.41) is 35.2. The fraction of sp³-hybridized carbons (Fsp3) is 0.364. The lowest BCUT2D eigenvalue weighted by atomic mass is 10.0. The molecule has 0 unspecified atom stereocenters. The highest BCUT2D eigenvalue weighted by Crippen LogP contribution is 2.28. The summed E-state index contributed by atoms with van der Waals surface area (Å²) in [6.45, 7) is -0.822. The minimum Gasteiger partial charge on any atom is -0.486 e. The number of amides is 1. The predicted molar refractivity (Wildman–Crippen MR) is 120 cm³/mol. The maximum Gasteiger partial charge on any atom is 0.248 e. The molecule has 4 rings (SSSR count). The molecule has 1 aliphatic heterocycles. The van der Waals surface area contributed by atoms with E-state index in [4.69, 9.17) is 9.84 Å². The zero-order valence-corrected chi connectivity index (χ0v) is 18.8. The van der Waals surface area contributed by atoms with E-state index in [-0.39, 0.29) is 43.4 Å². The van der Waals surface area contributed by atoms with Crippen LogP contribution in [0.4, 0.5) is 16.0 Å². The van der Waals surface area contributed by atoms with E-state index in [0.29, 0.717) is 22.8 Å². The van der Waals surface area contributed by atoms with E-state index in [1.165, 1.54) is 28.2 Å². The molecule has 12 nitrogen and oxygen atoms in total. The van der Waals surface area contributed by atoms with Gasteiger partial charge in [0.05, 0.1) is 36.3 Å². The average Bonchev–Trinajstić information content (AvgIpc) is 3.23. The molecule has 1 aliphatic rings. The van der Waals surface area contributed by atoms with E-state index in [1.54, 1.807) is 19.2 Å². The quantitative estimate of drug-likeness (QED) is 0.437. The number of alkyl halides is 1. The molecule has 1 saturated heterocycles. The summed E-state index contributed by atoms with van der Waals surface area (Å²) in [6, 6.07) is 6.78. The number of aliphatic hydroxyl groups is 2. The molecule has 182 valence electrons. The number of hydrogen-bond acceptors (Lipinski definition) is 10. The van der Waals surface area contributed by atoms with Gasteiger partial charge in [0, 0.05) is 25.6 Å².